The van der Waals surface area contributed by atoms with Gasteiger partial charge in [0.1, 0.15) is 17.4 Å². The van der Waals surface area contributed by atoms with Crippen LogP contribution in [0.1, 0.15) is 64.4 Å². The molecule has 0 aliphatic heterocycles. The molecule has 138 valence electrons. The van der Waals surface area contributed by atoms with E-state index in [0.29, 0.717) is 24.8 Å². The van der Waals surface area contributed by atoms with Crippen LogP contribution < -0.4 is 10.6 Å². The van der Waals surface area contributed by atoms with Crippen LogP contribution in [-0.4, -0.2) is 24.3 Å². The van der Waals surface area contributed by atoms with Gasteiger partial charge >= 0.3 is 6.09 Å². The number of nitrogens with one attached hydrogen (secondary N) is 2. The summed E-state index contributed by atoms with van der Waals surface area (Å²) in [6.07, 6.45) is 5.68. The minimum absolute atomic E-state index is 0.156. The van der Waals surface area contributed by atoms with Gasteiger partial charge in [-0.05, 0) is 51.7 Å². The molecule has 1 aromatic rings. The Hall–Kier alpha value is -2.00. The first-order valence-corrected chi connectivity index (χ1v) is 9.06. The Morgan fingerprint density at radius 1 is 1.36 bits per heavy atom. The molecule has 1 aromatic heterocycles. The number of alkyl carbamates (subject to hydrolysis) is 1. The summed E-state index contributed by atoms with van der Waals surface area (Å²) in [7, 11) is 0. The minimum Gasteiger partial charge on any atom is -0.449 e. The number of rotatable bonds is 6. The summed E-state index contributed by atoms with van der Waals surface area (Å²) in [6.45, 7) is 6.62. The van der Waals surface area contributed by atoms with E-state index in [-0.39, 0.29) is 12.1 Å². The second-order valence-electron chi connectivity index (χ2n) is 7.65. The first-order chi connectivity index (χ1) is 11.9. The van der Waals surface area contributed by atoms with Crippen LogP contribution in [0.2, 0.25) is 0 Å². The van der Waals surface area contributed by atoms with Crippen molar-refractivity contribution in [3.63, 3.8) is 0 Å². The Kier molecular flexibility index (Phi) is 6.89. The largest absolute Gasteiger partial charge is 0.449 e. The lowest BCUT2D eigenvalue weighted by Crippen LogP contribution is -2.46. The summed E-state index contributed by atoms with van der Waals surface area (Å²) >= 11 is 0. The summed E-state index contributed by atoms with van der Waals surface area (Å²) in [5, 5.41) is 15.2. The van der Waals surface area contributed by atoms with Crippen LogP contribution in [0.5, 0.6) is 0 Å². The number of nitrogens with zero attached hydrogens (tertiary/aromatic N) is 1. The third-order valence-corrected chi connectivity index (χ3v) is 4.39. The van der Waals surface area contributed by atoms with Gasteiger partial charge in [0.25, 0.3) is 0 Å². The number of hydrogen-bond acceptors (Lipinski definition) is 5. The molecule has 6 nitrogen and oxygen atoms in total. The normalized spacial score (nSPS) is 16.9. The van der Waals surface area contributed by atoms with Gasteiger partial charge < -0.3 is 19.8 Å². The van der Waals surface area contributed by atoms with Crippen molar-refractivity contribution in [2.75, 3.05) is 6.54 Å². The Balaban J connectivity index is 1.90. The fraction of sp³-hybridized carbons (Fsp3) is 0.684. The highest BCUT2D eigenvalue weighted by atomic mass is 16.6. The maximum atomic E-state index is 11.9. The van der Waals surface area contributed by atoms with Gasteiger partial charge in [-0.25, -0.2) is 4.79 Å². The molecule has 1 aliphatic carbocycles. The summed E-state index contributed by atoms with van der Waals surface area (Å²) < 4.78 is 10.8. The van der Waals surface area contributed by atoms with E-state index < -0.39 is 5.60 Å². The van der Waals surface area contributed by atoms with Crippen molar-refractivity contribution >= 4 is 6.09 Å². The van der Waals surface area contributed by atoms with E-state index in [9.17, 15) is 4.79 Å². The van der Waals surface area contributed by atoms with Gasteiger partial charge in [0.2, 0.25) is 5.76 Å². The zero-order valence-electron chi connectivity index (χ0n) is 15.4. The highest BCUT2D eigenvalue weighted by molar-refractivity contribution is 5.67. The van der Waals surface area contributed by atoms with Gasteiger partial charge in [-0.3, -0.25) is 0 Å². The maximum Gasteiger partial charge on any atom is 0.407 e. The summed E-state index contributed by atoms with van der Waals surface area (Å²) in [4.78, 5) is 11.9. The highest BCUT2D eigenvalue weighted by Crippen LogP contribution is 2.26. The average Bonchev–Trinajstić information content (AvgIpc) is 3.02. The molecule has 1 atom stereocenters. The molecular weight excluding hydrogens is 318 g/mol. The van der Waals surface area contributed by atoms with Crippen LogP contribution >= 0.6 is 0 Å². The van der Waals surface area contributed by atoms with Crippen LogP contribution in [0.3, 0.4) is 0 Å². The first-order valence-electron chi connectivity index (χ1n) is 9.06. The third kappa shape index (κ3) is 6.79. The second kappa shape index (κ2) is 8.91. The average molecular weight is 347 g/mol. The molecule has 2 N–H and O–H groups in total. The molecule has 1 saturated carbocycles. The molecule has 0 aromatic carbocycles. The Morgan fingerprint density at radius 3 is 2.68 bits per heavy atom. The Labute approximate surface area is 149 Å². The quantitative estimate of drug-likeness (QED) is 0.819. The SMILES string of the molecule is CC(C)(C)OC(=O)NCC(NCc1ccc(C#N)o1)C1CCCCC1. The molecule has 1 fully saturated rings. The summed E-state index contributed by atoms with van der Waals surface area (Å²) in [6, 6.07) is 5.63. The van der Waals surface area contributed by atoms with E-state index in [0.717, 1.165) is 18.6 Å². The highest BCUT2D eigenvalue weighted by Gasteiger charge is 2.25. The van der Waals surface area contributed by atoms with E-state index in [1.165, 1.54) is 19.3 Å². The summed E-state index contributed by atoms with van der Waals surface area (Å²) in [5.41, 5.74) is -0.500. The molecule has 1 unspecified atom stereocenters. The predicted molar refractivity (Wildman–Crippen MR) is 94.9 cm³/mol. The van der Waals surface area contributed by atoms with E-state index in [4.69, 9.17) is 14.4 Å². The van der Waals surface area contributed by atoms with E-state index in [1.807, 2.05) is 32.9 Å². The van der Waals surface area contributed by atoms with E-state index in [1.54, 1.807) is 6.07 Å². The van der Waals surface area contributed by atoms with Crippen molar-refractivity contribution in [1.82, 2.24) is 10.6 Å². The third-order valence-electron chi connectivity index (χ3n) is 4.39. The topological polar surface area (TPSA) is 87.3 Å². The first kappa shape index (κ1) is 19.3. The van der Waals surface area contributed by atoms with Crippen molar-refractivity contribution in [3.05, 3.63) is 23.7 Å². The lowest BCUT2D eigenvalue weighted by Gasteiger charge is -2.31. The molecule has 0 saturated heterocycles. The molecule has 1 heterocycles. The van der Waals surface area contributed by atoms with Crippen LogP contribution in [-0.2, 0) is 11.3 Å². The fourth-order valence-corrected chi connectivity index (χ4v) is 3.21. The van der Waals surface area contributed by atoms with Crippen LogP contribution in [0.15, 0.2) is 16.5 Å². The van der Waals surface area contributed by atoms with E-state index in [2.05, 4.69) is 10.6 Å². The standard InChI is InChI=1S/C19H29N3O3/c1-19(2,3)25-18(23)22-13-17(14-7-5-4-6-8-14)21-12-16-10-9-15(11-20)24-16/h9-10,14,17,21H,4-8,12-13H2,1-3H3,(H,22,23). The van der Waals surface area contributed by atoms with Gasteiger partial charge in [-0.1, -0.05) is 19.3 Å². The van der Waals surface area contributed by atoms with Crippen molar-refractivity contribution < 1.29 is 13.9 Å². The molecule has 2 rings (SSSR count). The number of ether oxygens (including phenoxy) is 1. The lowest BCUT2D eigenvalue weighted by molar-refractivity contribution is 0.0515. The molecular formula is C19H29N3O3. The van der Waals surface area contributed by atoms with Crippen LogP contribution in [0, 0.1) is 17.2 Å². The molecule has 0 bridgehead atoms. The van der Waals surface area contributed by atoms with Crippen LogP contribution in [0.25, 0.3) is 0 Å². The van der Waals surface area contributed by atoms with Gasteiger partial charge in [0.05, 0.1) is 6.54 Å². The molecule has 0 radical (unpaired) electrons. The van der Waals surface area contributed by atoms with Crippen molar-refractivity contribution in [1.29, 1.82) is 5.26 Å². The number of nitriles is 1. The Bertz CT molecular complexity index is 592. The van der Waals surface area contributed by atoms with Gasteiger partial charge in [0, 0.05) is 12.6 Å². The van der Waals surface area contributed by atoms with Gasteiger partial charge in [-0.2, -0.15) is 5.26 Å². The molecule has 0 spiro atoms. The fourth-order valence-electron chi connectivity index (χ4n) is 3.21. The predicted octanol–water partition coefficient (Wildman–Crippen LogP) is 3.71. The zero-order chi connectivity index (χ0) is 18.3. The number of hydrogen-bond donors (Lipinski definition) is 2. The number of furan rings is 1. The van der Waals surface area contributed by atoms with Crippen molar-refractivity contribution in [2.45, 2.75) is 71.1 Å². The maximum absolute atomic E-state index is 11.9. The number of carbonyl (C=O) groups excluding carboxylic acids is 1. The van der Waals surface area contributed by atoms with Crippen LogP contribution in [0.4, 0.5) is 4.79 Å². The minimum atomic E-state index is -0.500. The molecule has 1 aliphatic rings. The molecule has 1 amide bonds. The second-order valence-corrected chi connectivity index (χ2v) is 7.65. The zero-order valence-corrected chi connectivity index (χ0v) is 15.4. The number of carbonyl (C=O) groups is 1. The van der Waals surface area contributed by atoms with Gasteiger partial charge in [-0.15, -0.1) is 0 Å². The molecule has 25 heavy (non-hydrogen) atoms. The van der Waals surface area contributed by atoms with E-state index >= 15 is 0 Å². The number of amides is 1. The smallest absolute Gasteiger partial charge is 0.407 e. The van der Waals surface area contributed by atoms with Crippen molar-refractivity contribution in [3.8, 4) is 6.07 Å². The van der Waals surface area contributed by atoms with Crippen molar-refractivity contribution in [2.24, 2.45) is 5.92 Å². The monoisotopic (exact) mass is 347 g/mol. The lowest BCUT2D eigenvalue weighted by atomic mass is 9.84. The summed E-state index contributed by atoms with van der Waals surface area (Å²) in [5.74, 6) is 1.57. The Morgan fingerprint density at radius 2 is 2.08 bits per heavy atom. The van der Waals surface area contributed by atoms with Gasteiger partial charge in [0.15, 0.2) is 0 Å². The molecule has 6 heteroatoms.